The highest BCUT2D eigenvalue weighted by Gasteiger charge is 2.36. The number of morpholine rings is 1. The molecule has 0 spiro atoms. The maximum atomic E-state index is 12.9. The van der Waals surface area contributed by atoms with Crippen molar-refractivity contribution >= 4 is 10.2 Å². The Bertz CT molecular complexity index is 931. The van der Waals surface area contributed by atoms with E-state index in [4.69, 9.17) is 9.47 Å². The third kappa shape index (κ3) is 3.88. The monoisotopic (exact) mass is 404 g/mol. The molecule has 2 aliphatic rings. The van der Waals surface area contributed by atoms with Crippen molar-refractivity contribution in [2.75, 3.05) is 39.9 Å². The molecule has 0 amide bonds. The molecule has 9 heteroatoms. The molecule has 0 aliphatic carbocycles. The second kappa shape index (κ2) is 8.12. The number of hydrogen-bond acceptors (Lipinski definition) is 6. The van der Waals surface area contributed by atoms with Crippen molar-refractivity contribution < 1.29 is 17.9 Å². The lowest BCUT2D eigenvalue weighted by molar-refractivity contribution is -0.00660. The molecule has 2 saturated heterocycles. The first-order chi connectivity index (χ1) is 13.6. The van der Waals surface area contributed by atoms with Crippen molar-refractivity contribution in [3.8, 4) is 17.0 Å². The predicted molar refractivity (Wildman–Crippen MR) is 104 cm³/mol. The van der Waals surface area contributed by atoms with Gasteiger partial charge in [-0.2, -0.15) is 17.0 Å². The molecule has 1 atom stereocenters. The summed E-state index contributed by atoms with van der Waals surface area (Å²) < 4.78 is 39.9. The number of nitrogens with zero attached hydrogens (tertiary/aromatic N) is 4. The van der Waals surface area contributed by atoms with Gasteiger partial charge in [-0.3, -0.25) is 4.98 Å². The van der Waals surface area contributed by atoms with Crippen LogP contribution in [0, 0.1) is 0 Å². The van der Waals surface area contributed by atoms with Crippen LogP contribution in [0.4, 0.5) is 0 Å². The Balaban J connectivity index is 1.55. The second-order valence-electron chi connectivity index (χ2n) is 6.89. The average molecular weight is 404 g/mol. The van der Waals surface area contributed by atoms with Gasteiger partial charge in [0.2, 0.25) is 0 Å². The Hall–Kier alpha value is -2.07. The summed E-state index contributed by atoms with van der Waals surface area (Å²) in [5.41, 5.74) is 2.20. The smallest absolute Gasteiger partial charge is 0.282 e. The number of aromatic nitrogens is 2. The van der Waals surface area contributed by atoms with Gasteiger partial charge in [0.25, 0.3) is 10.2 Å². The SMILES string of the molecule is COc1cccc(-c2cncc([C@@H]3CN(S(=O)(=O)N4CCCC4)CCO3)n2)c1. The fraction of sp³-hybridized carbons (Fsp3) is 0.474. The first kappa shape index (κ1) is 19.3. The van der Waals surface area contributed by atoms with Gasteiger partial charge in [0, 0.05) is 31.7 Å². The minimum atomic E-state index is -3.45. The molecule has 150 valence electrons. The highest BCUT2D eigenvalue weighted by molar-refractivity contribution is 7.86. The van der Waals surface area contributed by atoms with Gasteiger partial charge < -0.3 is 9.47 Å². The van der Waals surface area contributed by atoms with Crippen LogP contribution in [0.3, 0.4) is 0 Å². The van der Waals surface area contributed by atoms with Crippen molar-refractivity contribution in [2.24, 2.45) is 0 Å². The van der Waals surface area contributed by atoms with E-state index < -0.39 is 16.3 Å². The van der Waals surface area contributed by atoms with E-state index in [9.17, 15) is 8.42 Å². The van der Waals surface area contributed by atoms with Gasteiger partial charge >= 0.3 is 0 Å². The summed E-state index contributed by atoms with van der Waals surface area (Å²) in [4.78, 5) is 8.97. The largest absolute Gasteiger partial charge is 0.497 e. The van der Waals surface area contributed by atoms with Crippen molar-refractivity contribution in [3.63, 3.8) is 0 Å². The van der Waals surface area contributed by atoms with Crippen LogP contribution < -0.4 is 4.74 Å². The minimum Gasteiger partial charge on any atom is -0.497 e. The number of hydrogen-bond donors (Lipinski definition) is 0. The summed E-state index contributed by atoms with van der Waals surface area (Å²) >= 11 is 0. The van der Waals surface area contributed by atoms with Gasteiger partial charge in [-0.05, 0) is 25.0 Å². The standard InChI is InChI=1S/C19H24N4O4S/c1-26-16-6-4-5-15(11-16)17-12-20-13-18(21-17)19-14-23(9-10-27-19)28(24,25)22-7-2-3-8-22/h4-6,11-13,19H,2-3,7-10,14H2,1H3/t19-/m0/s1. The van der Waals surface area contributed by atoms with Crippen LogP contribution in [0.2, 0.25) is 0 Å². The van der Waals surface area contributed by atoms with Gasteiger partial charge in [-0.1, -0.05) is 12.1 Å². The lowest BCUT2D eigenvalue weighted by atomic mass is 10.1. The molecule has 0 N–H and O–H groups in total. The van der Waals surface area contributed by atoms with E-state index in [1.807, 2.05) is 24.3 Å². The van der Waals surface area contributed by atoms with Gasteiger partial charge in [0.05, 0.1) is 37.5 Å². The van der Waals surface area contributed by atoms with Crippen LogP contribution in [0.25, 0.3) is 11.3 Å². The molecule has 28 heavy (non-hydrogen) atoms. The van der Waals surface area contributed by atoms with E-state index in [-0.39, 0.29) is 6.54 Å². The van der Waals surface area contributed by atoms with Crippen molar-refractivity contribution in [1.82, 2.24) is 18.6 Å². The van der Waals surface area contributed by atoms with E-state index in [0.29, 0.717) is 37.6 Å². The summed E-state index contributed by atoms with van der Waals surface area (Å²) in [5, 5.41) is 0. The Morgan fingerprint density at radius 3 is 2.75 bits per heavy atom. The van der Waals surface area contributed by atoms with Crippen molar-refractivity contribution in [3.05, 3.63) is 42.4 Å². The molecule has 0 unspecified atom stereocenters. The zero-order chi connectivity index (χ0) is 19.6. The molecular weight excluding hydrogens is 380 g/mol. The predicted octanol–water partition coefficient (Wildman–Crippen LogP) is 1.87. The van der Waals surface area contributed by atoms with Crippen LogP contribution in [0.5, 0.6) is 5.75 Å². The number of rotatable bonds is 5. The molecule has 3 heterocycles. The quantitative estimate of drug-likeness (QED) is 0.756. The third-order valence-corrected chi connectivity index (χ3v) is 7.10. The first-order valence-corrected chi connectivity index (χ1v) is 10.8. The van der Waals surface area contributed by atoms with E-state index in [1.165, 1.54) is 4.31 Å². The average Bonchev–Trinajstić information content (AvgIpc) is 3.30. The lowest BCUT2D eigenvalue weighted by Gasteiger charge is -2.34. The van der Waals surface area contributed by atoms with Crippen molar-refractivity contribution in [2.45, 2.75) is 18.9 Å². The van der Waals surface area contributed by atoms with Gasteiger partial charge in [-0.25, -0.2) is 4.98 Å². The Labute approximate surface area is 165 Å². The van der Waals surface area contributed by atoms with Crippen LogP contribution in [-0.2, 0) is 14.9 Å². The summed E-state index contributed by atoms with van der Waals surface area (Å²) in [6.45, 7) is 2.13. The fourth-order valence-corrected chi connectivity index (χ4v) is 5.23. The lowest BCUT2D eigenvalue weighted by Crippen LogP contribution is -2.48. The molecule has 1 aromatic heterocycles. The van der Waals surface area contributed by atoms with Crippen LogP contribution >= 0.6 is 0 Å². The molecule has 0 radical (unpaired) electrons. The van der Waals surface area contributed by atoms with Crippen LogP contribution in [-0.4, -0.2) is 66.9 Å². The van der Waals surface area contributed by atoms with E-state index in [1.54, 1.807) is 23.8 Å². The zero-order valence-corrected chi connectivity index (χ0v) is 16.6. The maximum absolute atomic E-state index is 12.9. The molecular formula is C19H24N4O4S. The van der Waals surface area contributed by atoms with Crippen LogP contribution in [0.15, 0.2) is 36.7 Å². The van der Waals surface area contributed by atoms with Gasteiger partial charge in [0.15, 0.2) is 0 Å². The molecule has 0 bridgehead atoms. The van der Waals surface area contributed by atoms with Gasteiger partial charge in [-0.15, -0.1) is 0 Å². The molecule has 2 aliphatic heterocycles. The maximum Gasteiger partial charge on any atom is 0.282 e. The summed E-state index contributed by atoms with van der Waals surface area (Å²) in [6.07, 6.45) is 4.71. The van der Waals surface area contributed by atoms with Crippen LogP contribution in [0.1, 0.15) is 24.6 Å². The summed E-state index contributed by atoms with van der Waals surface area (Å²) in [5.74, 6) is 0.738. The van der Waals surface area contributed by atoms with E-state index >= 15 is 0 Å². The Morgan fingerprint density at radius 2 is 1.96 bits per heavy atom. The normalized spacial score (nSPS) is 21.7. The first-order valence-electron chi connectivity index (χ1n) is 9.41. The topological polar surface area (TPSA) is 84.9 Å². The number of benzene rings is 1. The van der Waals surface area contributed by atoms with Gasteiger partial charge in [0.1, 0.15) is 11.9 Å². The zero-order valence-electron chi connectivity index (χ0n) is 15.8. The van der Waals surface area contributed by atoms with E-state index in [2.05, 4.69) is 9.97 Å². The molecule has 2 fully saturated rings. The third-order valence-electron chi connectivity index (χ3n) is 5.10. The molecule has 0 saturated carbocycles. The molecule has 1 aromatic carbocycles. The summed E-state index contributed by atoms with van der Waals surface area (Å²) in [6, 6.07) is 7.58. The fourth-order valence-electron chi connectivity index (χ4n) is 3.55. The van der Waals surface area contributed by atoms with Crippen molar-refractivity contribution in [1.29, 1.82) is 0 Å². The molecule has 4 rings (SSSR count). The Morgan fingerprint density at radius 1 is 1.14 bits per heavy atom. The highest BCUT2D eigenvalue weighted by Crippen LogP contribution is 2.27. The molecule has 8 nitrogen and oxygen atoms in total. The highest BCUT2D eigenvalue weighted by atomic mass is 32.2. The number of methoxy groups -OCH3 is 1. The van der Waals surface area contributed by atoms with E-state index in [0.717, 1.165) is 24.2 Å². The second-order valence-corrected chi connectivity index (χ2v) is 8.82. The summed E-state index contributed by atoms with van der Waals surface area (Å²) in [7, 11) is -1.83. The minimum absolute atomic E-state index is 0.245. The Kier molecular flexibility index (Phi) is 5.58. The molecule has 2 aromatic rings. The number of ether oxygens (including phenoxy) is 2.